The Morgan fingerprint density at radius 1 is 0.815 bits per heavy atom. The molecule has 0 saturated carbocycles. The first-order valence-corrected chi connectivity index (χ1v) is 8.23. The summed E-state index contributed by atoms with van der Waals surface area (Å²) in [6.07, 6.45) is 1.49. The van der Waals surface area contributed by atoms with Gasteiger partial charge in [-0.25, -0.2) is 15.0 Å². The number of para-hydroxylation sites is 1. The molecule has 0 fully saturated rings. The van der Waals surface area contributed by atoms with Gasteiger partial charge in [-0.15, -0.1) is 0 Å². The summed E-state index contributed by atoms with van der Waals surface area (Å²) in [6, 6.07) is 24.2. The normalized spacial score (nSPS) is 10.4. The zero-order valence-electron chi connectivity index (χ0n) is 14.3. The molecule has 0 heterocycles. The van der Waals surface area contributed by atoms with Crippen LogP contribution in [0, 0.1) is 0 Å². The van der Waals surface area contributed by atoms with Crippen molar-refractivity contribution in [1.82, 2.24) is 5.43 Å². The van der Waals surface area contributed by atoms with Crippen LogP contribution < -0.4 is 15.5 Å². The predicted octanol–water partition coefficient (Wildman–Crippen LogP) is 4.06. The van der Waals surface area contributed by atoms with Crippen molar-refractivity contribution in [3.8, 4) is 5.75 Å². The maximum Gasteiger partial charge on any atom is 0.343 e. The van der Waals surface area contributed by atoms with Gasteiger partial charge in [0.25, 0.3) is 0 Å². The molecule has 0 aromatic heterocycles. The van der Waals surface area contributed by atoms with Crippen molar-refractivity contribution in [3.63, 3.8) is 0 Å². The van der Waals surface area contributed by atoms with Gasteiger partial charge in [0.2, 0.25) is 0 Å². The molecule has 134 valence electrons. The van der Waals surface area contributed by atoms with Crippen LogP contribution in [0.2, 0.25) is 0 Å². The number of carbonyl (C=O) groups excluding carboxylic acids is 2. The van der Waals surface area contributed by atoms with Crippen LogP contribution in [0.3, 0.4) is 0 Å². The highest BCUT2D eigenvalue weighted by molar-refractivity contribution is 5.91. The number of amides is 2. The lowest BCUT2D eigenvalue weighted by Gasteiger charge is -2.05. The van der Waals surface area contributed by atoms with Gasteiger partial charge in [0.05, 0.1) is 11.8 Å². The lowest BCUT2D eigenvalue weighted by Crippen LogP contribution is -2.24. The second-order valence-electron chi connectivity index (χ2n) is 5.51. The SMILES string of the molecule is O=C(N/N=C/c1ccc(OC(=O)c2ccccc2)cc1)Nc1ccccc1. The van der Waals surface area contributed by atoms with Crippen molar-refractivity contribution in [2.24, 2.45) is 5.10 Å². The quantitative estimate of drug-likeness (QED) is 0.312. The molecular formula is C21H17N3O3. The molecule has 27 heavy (non-hydrogen) atoms. The van der Waals surface area contributed by atoms with E-state index in [2.05, 4.69) is 15.8 Å². The molecule has 0 atom stereocenters. The molecule has 2 amide bonds. The van der Waals surface area contributed by atoms with E-state index in [1.54, 1.807) is 60.7 Å². The first-order valence-electron chi connectivity index (χ1n) is 8.23. The molecule has 0 radical (unpaired) electrons. The fourth-order valence-electron chi connectivity index (χ4n) is 2.21. The second-order valence-corrected chi connectivity index (χ2v) is 5.51. The highest BCUT2D eigenvalue weighted by Gasteiger charge is 2.07. The summed E-state index contributed by atoms with van der Waals surface area (Å²) >= 11 is 0. The van der Waals surface area contributed by atoms with E-state index in [4.69, 9.17) is 4.74 Å². The average molecular weight is 359 g/mol. The topological polar surface area (TPSA) is 79.8 Å². The Kier molecular flexibility index (Phi) is 5.93. The maximum atomic E-state index is 12.0. The zero-order valence-corrected chi connectivity index (χ0v) is 14.3. The van der Waals surface area contributed by atoms with Crippen molar-refractivity contribution in [2.45, 2.75) is 0 Å². The smallest absolute Gasteiger partial charge is 0.343 e. The van der Waals surface area contributed by atoms with Crippen molar-refractivity contribution in [3.05, 3.63) is 96.1 Å². The molecule has 2 N–H and O–H groups in total. The minimum Gasteiger partial charge on any atom is -0.423 e. The lowest BCUT2D eigenvalue weighted by molar-refractivity contribution is 0.0734. The van der Waals surface area contributed by atoms with E-state index in [0.29, 0.717) is 17.0 Å². The largest absolute Gasteiger partial charge is 0.423 e. The Morgan fingerprint density at radius 3 is 2.11 bits per heavy atom. The number of hydrogen-bond donors (Lipinski definition) is 2. The van der Waals surface area contributed by atoms with Crippen LogP contribution in [0.5, 0.6) is 5.75 Å². The van der Waals surface area contributed by atoms with Crippen molar-refractivity contribution in [1.29, 1.82) is 0 Å². The van der Waals surface area contributed by atoms with Crippen LogP contribution >= 0.6 is 0 Å². The first-order chi connectivity index (χ1) is 13.2. The Balaban J connectivity index is 1.50. The summed E-state index contributed by atoms with van der Waals surface area (Å²) in [6.45, 7) is 0. The fraction of sp³-hybridized carbons (Fsp3) is 0. The number of anilines is 1. The number of nitrogens with one attached hydrogen (secondary N) is 2. The second kappa shape index (κ2) is 8.96. The number of hydrogen-bond acceptors (Lipinski definition) is 4. The van der Waals surface area contributed by atoms with E-state index in [9.17, 15) is 9.59 Å². The van der Waals surface area contributed by atoms with Gasteiger partial charge in [0.15, 0.2) is 0 Å². The molecule has 0 aliphatic heterocycles. The van der Waals surface area contributed by atoms with Crippen LogP contribution in [0.4, 0.5) is 10.5 Å². The molecular weight excluding hydrogens is 342 g/mol. The number of hydrazone groups is 1. The van der Waals surface area contributed by atoms with Gasteiger partial charge in [-0.05, 0) is 54.1 Å². The molecule has 0 aliphatic carbocycles. The van der Waals surface area contributed by atoms with Crippen LogP contribution in [0.15, 0.2) is 90.0 Å². The molecule has 3 rings (SSSR count). The van der Waals surface area contributed by atoms with E-state index in [-0.39, 0.29) is 0 Å². The van der Waals surface area contributed by atoms with Gasteiger partial charge >= 0.3 is 12.0 Å². The molecule has 0 aliphatic rings. The van der Waals surface area contributed by atoms with Gasteiger partial charge in [0, 0.05) is 5.69 Å². The number of carbonyl (C=O) groups is 2. The third-order valence-corrected chi connectivity index (χ3v) is 3.51. The summed E-state index contributed by atoms with van der Waals surface area (Å²) in [5.41, 5.74) is 4.29. The Morgan fingerprint density at radius 2 is 1.44 bits per heavy atom. The summed E-state index contributed by atoms with van der Waals surface area (Å²) in [5, 5.41) is 6.53. The fourth-order valence-corrected chi connectivity index (χ4v) is 2.21. The highest BCUT2D eigenvalue weighted by atomic mass is 16.5. The predicted molar refractivity (Wildman–Crippen MR) is 104 cm³/mol. The van der Waals surface area contributed by atoms with Gasteiger partial charge < -0.3 is 10.1 Å². The molecule has 6 heteroatoms. The van der Waals surface area contributed by atoms with Crippen molar-refractivity contribution in [2.75, 3.05) is 5.32 Å². The van der Waals surface area contributed by atoms with E-state index < -0.39 is 12.0 Å². The first kappa shape index (κ1) is 17.9. The van der Waals surface area contributed by atoms with E-state index in [1.807, 2.05) is 24.3 Å². The molecule has 3 aromatic carbocycles. The molecule has 0 spiro atoms. The lowest BCUT2D eigenvalue weighted by atomic mass is 10.2. The summed E-state index contributed by atoms with van der Waals surface area (Å²) < 4.78 is 5.30. The van der Waals surface area contributed by atoms with Crippen LogP contribution in [-0.2, 0) is 0 Å². The van der Waals surface area contributed by atoms with Gasteiger partial charge in [-0.2, -0.15) is 5.10 Å². The number of rotatable bonds is 5. The third-order valence-electron chi connectivity index (χ3n) is 3.51. The maximum absolute atomic E-state index is 12.0. The summed E-state index contributed by atoms with van der Waals surface area (Å²) in [7, 11) is 0. The number of nitrogens with zero attached hydrogens (tertiary/aromatic N) is 1. The van der Waals surface area contributed by atoms with E-state index in [0.717, 1.165) is 5.56 Å². The van der Waals surface area contributed by atoms with E-state index in [1.165, 1.54) is 6.21 Å². The zero-order chi connectivity index (χ0) is 18.9. The van der Waals surface area contributed by atoms with Crippen LogP contribution in [0.1, 0.15) is 15.9 Å². The summed E-state index contributed by atoms with van der Waals surface area (Å²) in [4.78, 5) is 23.7. The van der Waals surface area contributed by atoms with Gasteiger partial charge in [-0.1, -0.05) is 36.4 Å². The minimum atomic E-state index is -0.439. The number of ether oxygens (including phenoxy) is 1. The van der Waals surface area contributed by atoms with Crippen molar-refractivity contribution < 1.29 is 14.3 Å². The van der Waals surface area contributed by atoms with Crippen LogP contribution in [-0.4, -0.2) is 18.2 Å². The molecule has 0 unspecified atom stereocenters. The standard InChI is InChI=1S/C21H17N3O3/c25-20(17-7-3-1-4-8-17)27-19-13-11-16(12-14-19)15-22-24-21(26)23-18-9-5-2-6-10-18/h1-15H,(H2,23,24,26)/b22-15+. The molecule has 0 saturated heterocycles. The number of urea groups is 1. The Labute approximate surface area is 156 Å². The summed E-state index contributed by atoms with van der Waals surface area (Å²) in [5.74, 6) is 0.00653. The van der Waals surface area contributed by atoms with Crippen molar-refractivity contribution >= 4 is 23.9 Å². The number of benzene rings is 3. The third kappa shape index (κ3) is 5.54. The number of esters is 1. The van der Waals surface area contributed by atoms with Crippen LogP contribution in [0.25, 0.3) is 0 Å². The van der Waals surface area contributed by atoms with E-state index >= 15 is 0 Å². The van der Waals surface area contributed by atoms with Gasteiger partial charge in [-0.3, -0.25) is 0 Å². The highest BCUT2D eigenvalue weighted by Crippen LogP contribution is 2.13. The average Bonchev–Trinajstić information content (AvgIpc) is 2.71. The molecule has 3 aromatic rings. The van der Waals surface area contributed by atoms with Gasteiger partial charge in [0.1, 0.15) is 5.75 Å². The minimum absolute atomic E-state index is 0.420. The Hall–Kier alpha value is -3.93. The monoisotopic (exact) mass is 359 g/mol. The molecule has 0 bridgehead atoms. The molecule has 6 nitrogen and oxygen atoms in total. The Bertz CT molecular complexity index is 924.